The Hall–Kier alpha value is -0.870. The van der Waals surface area contributed by atoms with E-state index < -0.39 is 0 Å². The van der Waals surface area contributed by atoms with E-state index in [1.807, 2.05) is 20.9 Å². The lowest BCUT2D eigenvalue weighted by Gasteiger charge is -2.00. The molecule has 0 saturated carbocycles. The maximum absolute atomic E-state index is 5.68. The Morgan fingerprint density at radius 1 is 1.47 bits per heavy atom. The molecule has 0 spiro atoms. The number of hydrogen-bond acceptors (Lipinski definition) is 3. The van der Waals surface area contributed by atoms with Crippen molar-refractivity contribution in [2.75, 3.05) is 7.05 Å². The van der Waals surface area contributed by atoms with Crippen LogP contribution in [0.4, 0.5) is 0 Å². The largest absolute Gasteiger partial charge is 0.439 e. The minimum absolute atomic E-state index is 0.658. The van der Waals surface area contributed by atoms with Gasteiger partial charge in [0.05, 0.1) is 6.54 Å². The molecular formula is C11H13BrN2O. The van der Waals surface area contributed by atoms with Crippen LogP contribution in [0.5, 0.6) is 0 Å². The summed E-state index contributed by atoms with van der Waals surface area (Å²) < 4.78 is 6.76. The van der Waals surface area contributed by atoms with Gasteiger partial charge in [-0.1, -0.05) is 15.9 Å². The van der Waals surface area contributed by atoms with Gasteiger partial charge in [-0.15, -0.1) is 0 Å². The molecule has 1 aromatic carbocycles. The van der Waals surface area contributed by atoms with Crippen molar-refractivity contribution in [3.05, 3.63) is 27.6 Å². The minimum atomic E-state index is 0.658. The van der Waals surface area contributed by atoms with Crippen LogP contribution in [0.3, 0.4) is 0 Å². The van der Waals surface area contributed by atoms with Gasteiger partial charge in [-0.05, 0) is 38.1 Å². The fraction of sp³-hybridized carbons (Fsp3) is 0.364. The molecule has 0 aliphatic carbocycles. The Morgan fingerprint density at radius 2 is 2.20 bits per heavy atom. The number of benzene rings is 1. The Balaban J connectivity index is 2.68. The smallest absolute Gasteiger partial charge is 0.209 e. The second kappa shape index (κ2) is 3.94. The summed E-state index contributed by atoms with van der Waals surface area (Å²) in [7, 11) is 1.88. The molecule has 0 saturated heterocycles. The van der Waals surface area contributed by atoms with Crippen LogP contribution >= 0.6 is 15.9 Å². The molecule has 0 unspecified atom stereocenters. The van der Waals surface area contributed by atoms with Gasteiger partial charge in [-0.2, -0.15) is 0 Å². The molecule has 1 aromatic heterocycles. The molecule has 0 bridgehead atoms. The van der Waals surface area contributed by atoms with Gasteiger partial charge in [0.25, 0.3) is 0 Å². The van der Waals surface area contributed by atoms with E-state index in [9.17, 15) is 0 Å². The lowest BCUT2D eigenvalue weighted by Crippen LogP contribution is -2.04. The molecule has 3 nitrogen and oxygen atoms in total. The molecule has 4 heteroatoms. The van der Waals surface area contributed by atoms with Crippen LogP contribution in [0.25, 0.3) is 11.1 Å². The van der Waals surface area contributed by atoms with E-state index in [2.05, 4.69) is 32.3 Å². The molecule has 0 aliphatic heterocycles. The van der Waals surface area contributed by atoms with E-state index in [-0.39, 0.29) is 0 Å². The van der Waals surface area contributed by atoms with Crippen molar-refractivity contribution in [1.82, 2.24) is 10.3 Å². The van der Waals surface area contributed by atoms with Crippen LogP contribution in [-0.4, -0.2) is 12.0 Å². The average Bonchev–Trinajstić information content (AvgIpc) is 2.60. The van der Waals surface area contributed by atoms with Crippen molar-refractivity contribution in [3.8, 4) is 0 Å². The van der Waals surface area contributed by atoms with Crippen LogP contribution in [0.15, 0.2) is 15.0 Å². The molecule has 0 amide bonds. The third kappa shape index (κ3) is 1.79. The van der Waals surface area contributed by atoms with Crippen LogP contribution in [-0.2, 0) is 6.54 Å². The van der Waals surface area contributed by atoms with E-state index in [0.717, 1.165) is 32.6 Å². The highest BCUT2D eigenvalue weighted by atomic mass is 79.9. The van der Waals surface area contributed by atoms with Crippen molar-refractivity contribution in [2.45, 2.75) is 20.4 Å². The standard InChI is InChI=1S/C11H13BrN2O/c1-6-4-8(12)7(2)10-11(6)15-9(14-10)5-13-3/h4,13H,5H2,1-3H3. The molecule has 0 aliphatic rings. The fourth-order valence-corrected chi connectivity index (χ4v) is 2.12. The number of rotatable bonds is 2. The molecule has 2 aromatic rings. The van der Waals surface area contributed by atoms with Crippen LogP contribution in [0.1, 0.15) is 17.0 Å². The van der Waals surface area contributed by atoms with Crippen molar-refractivity contribution >= 4 is 27.0 Å². The Labute approximate surface area is 97.0 Å². The second-order valence-electron chi connectivity index (χ2n) is 3.62. The average molecular weight is 269 g/mol. The summed E-state index contributed by atoms with van der Waals surface area (Å²) in [6.07, 6.45) is 0. The highest BCUT2D eigenvalue weighted by Crippen LogP contribution is 2.29. The first-order valence-corrected chi connectivity index (χ1v) is 5.62. The molecular weight excluding hydrogens is 256 g/mol. The Morgan fingerprint density at radius 3 is 2.87 bits per heavy atom. The van der Waals surface area contributed by atoms with Gasteiger partial charge in [-0.25, -0.2) is 4.98 Å². The van der Waals surface area contributed by atoms with Crippen molar-refractivity contribution < 1.29 is 4.42 Å². The molecule has 1 heterocycles. The third-order valence-corrected chi connectivity index (χ3v) is 3.24. The van der Waals surface area contributed by atoms with Crippen molar-refractivity contribution in [3.63, 3.8) is 0 Å². The zero-order chi connectivity index (χ0) is 11.0. The zero-order valence-electron chi connectivity index (χ0n) is 9.02. The van der Waals surface area contributed by atoms with Gasteiger partial charge < -0.3 is 9.73 Å². The number of halogens is 1. The van der Waals surface area contributed by atoms with Gasteiger partial charge >= 0.3 is 0 Å². The molecule has 80 valence electrons. The van der Waals surface area contributed by atoms with E-state index in [1.165, 1.54) is 0 Å². The first kappa shape index (κ1) is 10.6. The number of nitrogens with zero attached hydrogens (tertiary/aromatic N) is 1. The number of oxazole rings is 1. The lowest BCUT2D eigenvalue weighted by atomic mass is 10.1. The summed E-state index contributed by atoms with van der Waals surface area (Å²) in [4.78, 5) is 4.46. The van der Waals surface area contributed by atoms with Crippen LogP contribution < -0.4 is 5.32 Å². The molecule has 2 rings (SSSR count). The summed E-state index contributed by atoms with van der Waals surface area (Å²) in [6.45, 7) is 4.73. The summed E-state index contributed by atoms with van der Waals surface area (Å²) in [5, 5.41) is 3.03. The number of hydrogen-bond donors (Lipinski definition) is 1. The van der Waals surface area contributed by atoms with Gasteiger partial charge in [0.15, 0.2) is 5.58 Å². The molecule has 15 heavy (non-hydrogen) atoms. The molecule has 0 fully saturated rings. The SMILES string of the molecule is CNCc1nc2c(C)c(Br)cc(C)c2o1. The second-order valence-corrected chi connectivity index (χ2v) is 4.47. The normalized spacial score (nSPS) is 11.2. The molecule has 0 atom stereocenters. The first-order valence-electron chi connectivity index (χ1n) is 4.83. The predicted molar refractivity (Wildman–Crippen MR) is 63.9 cm³/mol. The van der Waals surface area contributed by atoms with E-state index >= 15 is 0 Å². The Bertz CT molecular complexity index is 505. The zero-order valence-corrected chi connectivity index (χ0v) is 10.6. The van der Waals surface area contributed by atoms with E-state index in [1.54, 1.807) is 0 Å². The predicted octanol–water partition coefficient (Wildman–Crippen LogP) is 2.93. The number of aromatic nitrogens is 1. The number of nitrogens with one attached hydrogen (secondary N) is 1. The van der Waals surface area contributed by atoms with E-state index in [4.69, 9.17) is 4.42 Å². The molecule has 1 N–H and O–H groups in total. The summed E-state index contributed by atoms with van der Waals surface area (Å²) in [5.74, 6) is 0.733. The third-order valence-electron chi connectivity index (χ3n) is 2.41. The number of fused-ring (bicyclic) bond motifs is 1. The van der Waals surface area contributed by atoms with Gasteiger partial charge in [-0.3, -0.25) is 0 Å². The van der Waals surface area contributed by atoms with Gasteiger partial charge in [0.1, 0.15) is 5.52 Å². The number of aryl methyl sites for hydroxylation is 2. The van der Waals surface area contributed by atoms with Gasteiger partial charge in [0, 0.05) is 4.47 Å². The molecule has 0 radical (unpaired) electrons. The van der Waals surface area contributed by atoms with Crippen molar-refractivity contribution in [2.24, 2.45) is 0 Å². The summed E-state index contributed by atoms with van der Waals surface area (Å²) >= 11 is 3.52. The first-order chi connectivity index (χ1) is 7.13. The maximum atomic E-state index is 5.68. The summed E-state index contributed by atoms with van der Waals surface area (Å²) in [5.41, 5.74) is 4.08. The monoisotopic (exact) mass is 268 g/mol. The minimum Gasteiger partial charge on any atom is -0.439 e. The van der Waals surface area contributed by atoms with E-state index in [0.29, 0.717) is 6.54 Å². The summed E-state index contributed by atoms with van der Waals surface area (Å²) in [6, 6.07) is 2.06. The van der Waals surface area contributed by atoms with Crippen LogP contribution in [0.2, 0.25) is 0 Å². The quantitative estimate of drug-likeness (QED) is 0.910. The Kier molecular flexibility index (Phi) is 2.80. The topological polar surface area (TPSA) is 38.1 Å². The maximum Gasteiger partial charge on any atom is 0.209 e. The highest BCUT2D eigenvalue weighted by molar-refractivity contribution is 9.10. The fourth-order valence-electron chi connectivity index (χ4n) is 1.59. The van der Waals surface area contributed by atoms with Gasteiger partial charge in [0.2, 0.25) is 5.89 Å². The van der Waals surface area contributed by atoms with Crippen LogP contribution in [0, 0.1) is 13.8 Å². The lowest BCUT2D eigenvalue weighted by molar-refractivity contribution is 0.510. The van der Waals surface area contributed by atoms with Crippen molar-refractivity contribution in [1.29, 1.82) is 0 Å². The highest BCUT2D eigenvalue weighted by Gasteiger charge is 2.12.